The lowest BCUT2D eigenvalue weighted by molar-refractivity contribution is 1.33. The molecule has 0 radical (unpaired) electrons. The van der Waals surface area contributed by atoms with Gasteiger partial charge in [0, 0.05) is 7.05 Å². The van der Waals surface area contributed by atoms with Crippen LogP contribution < -0.4 is 26.8 Å². The Morgan fingerprint density at radius 2 is 0.718 bits per heavy atom. The second-order valence-electron chi connectivity index (χ2n) is 10.8. The van der Waals surface area contributed by atoms with E-state index in [0.29, 0.717) is 0 Å². The number of hydrogen-bond donors (Lipinski definition) is 0. The van der Waals surface area contributed by atoms with Gasteiger partial charge < -0.3 is 4.66 Å². The van der Waals surface area contributed by atoms with E-state index >= 15 is 0 Å². The summed E-state index contributed by atoms with van der Waals surface area (Å²) in [6.45, 7) is 13.3. The van der Waals surface area contributed by atoms with Gasteiger partial charge in [-0.2, -0.15) is 0 Å². The van der Waals surface area contributed by atoms with Crippen LogP contribution in [0.5, 0.6) is 0 Å². The van der Waals surface area contributed by atoms with Gasteiger partial charge in [-0.15, -0.1) is 0 Å². The summed E-state index contributed by atoms with van der Waals surface area (Å²) in [7, 11) is -2.42. The molecule has 0 aliphatic heterocycles. The van der Waals surface area contributed by atoms with Gasteiger partial charge in [-0.05, 0) is 68.4 Å². The van der Waals surface area contributed by atoms with Gasteiger partial charge in [0.15, 0.2) is 0 Å². The molecule has 0 amide bonds. The zero-order valence-corrected chi connectivity index (χ0v) is 24.8. The van der Waals surface area contributed by atoms with E-state index < -0.39 is 7.05 Å². The van der Waals surface area contributed by atoms with Crippen LogP contribution in [0, 0.1) is 41.5 Å². The van der Waals surface area contributed by atoms with Gasteiger partial charge in [-0.1, -0.05) is 149 Å². The molecule has 0 bridgehead atoms. The molecule has 0 aliphatic carbocycles. The Bertz CT molecular complexity index is 1450. The molecule has 0 saturated carbocycles. The molecule has 0 aliphatic rings. The summed E-state index contributed by atoms with van der Waals surface area (Å²) in [6, 6.07) is 42.2. The molecule has 3 heteroatoms. The Morgan fingerprint density at radius 3 is 1.00 bits per heavy atom. The first-order valence-electron chi connectivity index (χ1n) is 13.7. The SMILES string of the molecule is Cc1cc(C)c(B(N=P(c2ccccc2)(c2ccccc2)c2ccccc2)c2c(C)cc(C)cc2C)c(C)c1. The summed E-state index contributed by atoms with van der Waals surface area (Å²) in [5, 5.41) is 3.83. The minimum atomic E-state index is -2.42. The predicted molar refractivity (Wildman–Crippen MR) is 174 cm³/mol. The van der Waals surface area contributed by atoms with Crippen molar-refractivity contribution in [3.05, 3.63) is 149 Å². The summed E-state index contributed by atoms with van der Waals surface area (Å²) in [5.41, 5.74) is 10.4. The van der Waals surface area contributed by atoms with Crippen molar-refractivity contribution in [1.82, 2.24) is 0 Å². The van der Waals surface area contributed by atoms with Crippen LogP contribution in [-0.4, -0.2) is 6.85 Å². The van der Waals surface area contributed by atoms with E-state index in [9.17, 15) is 0 Å². The molecule has 0 N–H and O–H groups in total. The zero-order chi connectivity index (χ0) is 27.6. The molecule has 194 valence electrons. The van der Waals surface area contributed by atoms with Crippen LogP contribution in [0.3, 0.4) is 0 Å². The highest BCUT2D eigenvalue weighted by Crippen LogP contribution is 2.47. The summed E-state index contributed by atoms with van der Waals surface area (Å²) < 4.78 is 6.17. The third-order valence-electron chi connectivity index (χ3n) is 7.70. The van der Waals surface area contributed by atoms with Crippen LogP contribution >= 0.6 is 7.05 Å². The topological polar surface area (TPSA) is 12.4 Å². The number of rotatable bonds is 6. The monoisotopic (exact) mass is 525 g/mol. The highest BCUT2D eigenvalue weighted by Gasteiger charge is 2.34. The lowest BCUT2D eigenvalue weighted by Gasteiger charge is -2.31. The third-order valence-corrected chi connectivity index (χ3v) is 11.4. The van der Waals surface area contributed by atoms with Crippen molar-refractivity contribution in [2.75, 3.05) is 0 Å². The Morgan fingerprint density at radius 1 is 0.436 bits per heavy atom. The van der Waals surface area contributed by atoms with Crippen molar-refractivity contribution in [3.63, 3.8) is 0 Å². The van der Waals surface area contributed by atoms with Crippen LogP contribution in [0.4, 0.5) is 0 Å². The van der Waals surface area contributed by atoms with Crippen LogP contribution in [0.2, 0.25) is 0 Å². The fourth-order valence-corrected chi connectivity index (χ4v) is 9.94. The molecule has 5 aromatic carbocycles. The first kappa shape index (κ1) is 27.0. The molecule has 1 nitrogen and oxygen atoms in total. The van der Waals surface area contributed by atoms with Gasteiger partial charge in [0.2, 0.25) is 0 Å². The Hall–Kier alpha value is -3.61. The van der Waals surface area contributed by atoms with Crippen molar-refractivity contribution in [3.8, 4) is 0 Å². The minimum Gasteiger partial charge on any atom is -0.332 e. The van der Waals surface area contributed by atoms with E-state index in [0.717, 1.165) is 0 Å². The second kappa shape index (κ2) is 11.2. The first-order chi connectivity index (χ1) is 18.8. The van der Waals surface area contributed by atoms with Gasteiger partial charge in [-0.3, -0.25) is 0 Å². The normalized spacial score (nSPS) is 11.3. The van der Waals surface area contributed by atoms with Gasteiger partial charge in [0.1, 0.15) is 0 Å². The second-order valence-corrected chi connectivity index (χ2v) is 13.8. The lowest BCUT2D eigenvalue weighted by Crippen LogP contribution is -2.47. The largest absolute Gasteiger partial charge is 0.344 e. The molecule has 0 unspecified atom stereocenters. The van der Waals surface area contributed by atoms with Crippen molar-refractivity contribution >= 4 is 40.7 Å². The summed E-state index contributed by atoms with van der Waals surface area (Å²) >= 11 is 0. The van der Waals surface area contributed by atoms with Crippen molar-refractivity contribution < 1.29 is 0 Å². The van der Waals surface area contributed by atoms with Crippen LogP contribution in [0.1, 0.15) is 33.4 Å². The summed E-state index contributed by atoms with van der Waals surface area (Å²) in [4.78, 5) is 0. The van der Waals surface area contributed by atoms with Crippen molar-refractivity contribution in [2.45, 2.75) is 41.5 Å². The predicted octanol–water partition coefficient (Wildman–Crippen LogP) is 6.82. The van der Waals surface area contributed by atoms with E-state index in [1.165, 1.54) is 60.2 Å². The minimum absolute atomic E-state index is 0.111. The summed E-state index contributed by atoms with van der Waals surface area (Å²) in [5.74, 6) is 0. The number of hydrogen-bond acceptors (Lipinski definition) is 1. The van der Waals surface area contributed by atoms with E-state index in [-0.39, 0.29) is 6.85 Å². The Balaban J connectivity index is 2.00. The van der Waals surface area contributed by atoms with Gasteiger partial charge in [0.05, 0.1) is 0 Å². The molecule has 0 aromatic heterocycles. The molecule has 0 saturated heterocycles. The fourth-order valence-electron chi connectivity index (χ4n) is 6.26. The highest BCUT2D eigenvalue weighted by molar-refractivity contribution is 7.88. The number of nitrogens with zero attached hydrogens (tertiary/aromatic N) is 1. The van der Waals surface area contributed by atoms with E-state index in [1.54, 1.807) is 0 Å². The van der Waals surface area contributed by atoms with E-state index in [4.69, 9.17) is 4.66 Å². The Kier molecular flexibility index (Phi) is 7.78. The van der Waals surface area contributed by atoms with Gasteiger partial charge in [-0.25, -0.2) is 0 Å². The van der Waals surface area contributed by atoms with Crippen molar-refractivity contribution in [1.29, 1.82) is 0 Å². The standard InChI is InChI=1S/C36H37BNP/c1-26-22-28(3)35(29(4)23-26)37(36-30(5)24-27(2)25-31(36)6)38-39(32-16-10-7-11-17-32,33-18-12-8-13-19-33)34-20-14-9-15-21-34/h7-25H,1-6H3. The smallest absolute Gasteiger partial charge is 0.332 e. The maximum absolute atomic E-state index is 6.17. The maximum atomic E-state index is 6.17. The molecule has 39 heavy (non-hydrogen) atoms. The Labute approximate surface area is 235 Å². The molecular formula is C36H37BNP. The van der Waals surface area contributed by atoms with E-state index in [1.807, 2.05) is 0 Å². The van der Waals surface area contributed by atoms with Crippen LogP contribution in [-0.2, 0) is 0 Å². The molecule has 0 atom stereocenters. The first-order valence-corrected chi connectivity index (χ1v) is 15.5. The molecular weight excluding hydrogens is 488 g/mol. The average molecular weight is 525 g/mol. The molecule has 0 heterocycles. The van der Waals surface area contributed by atoms with Crippen molar-refractivity contribution in [2.24, 2.45) is 4.66 Å². The highest BCUT2D eigenvalue weighted by atomic mass is 31.2. The molecule has 5 aromatic rings. The maximum Gasteiger partial charge on any atom is 0.344 e. The third kappa shape index (κ3) is 5.19. The zero-order valence-electron chi connectivity index (χ0n) is 23.9. The lowest BCUT2D eigenvalue weighted by atomic mass is 9.48. The van der Waals surface area contributed by atoms with Crippen LogP contribution in [0.25, 0.3) is 0 Å². The van der Waals surface area contributed by atoms with Gasteiger partial charge >= 0.3 is 6.85 Å². The van der Waals surface area contributed by atoms with E-state index in [2.05, 4.69) is 157 Å². The fraction of sp³-hybridized carbons (Fsp3) is 0.167. The van der Waals surface area contributed by atoms with Crippen LogP contribution in [0.15, 0.2) is 120 Å². The quantitative estimate of drug-likeness (QED) is 0.170. The average Bonchev–Trinajstić information content (AvgIpc) is 2.92. The molecule has 0 spiro atoms. The van der Waals surface area contributed by atoms with Gasteiger partial charge in [0.25, 0.3) is 0 Å². The summed E-state index contributed by atoms with van der Waals surface area (Å²) in [6.07, 6.45) is 0. The molecule has 0 fully saturated rings. The molecule has 5 rings (SSSR count). The number of benzene rings is 5. The number of aryl methyl sites for hydroxylation is 6.